The van der Waals surface area contributed by atoms with Crippen molar-refractivity contribution in [2.45, 2.75) is 12.1 Å². The molecular weight excluding hydrogens is 428 g/mol. The SMILES string of the molecule is Cc1ccc([N+](=O)[O-])cc1NC(=O)CSc1nnc(-c2ccncc2)n1-c1ccccc1. The van der Waals surface area contributed by atoms with E-state index in [1.807, 2.05) is 47.0 Å². The van der Waals surface area contributed by atoms with Crippen LogP contribution in [0, 0.1) is 17.0 Å². The highest BCUT2D eigenvalue weighted by molar-refractivity contribution is 7.99. The van der Waals surface area contributed by atoms with Crippen LogP contribution < -0.4 is 5.32 Å². The molecule has 4 rings (SSSR count). The molecule has 0 aliphatic rings. The number of nitro benzene ring substituents is 1. The summed E-state index contributed by atoms with van der Waals surface area (Å²) < 4.78 is 1.88. The topological polar surface area (TPSA) is 116 Å². The largest absolute Gasteiger partial charge is 0.325 e. The van der Waals surface area contributed by atoms with Gasteiger partial charge in [0.2, 0.25) is 5.91 Å². The molecule has 0 saturated carbocycles. The summed E-state index contributed by atoms with van der Waals surface area (Å²) in [5, 5.41) is 22.9. The van der Waals surface area contributed by atoms with Crippen molar-refractivity contribution >= 4 is 29.0 Å². The average molecular weight is 446 g/mol. The molecule has 0 bridgehead atoms. The van der Waals surface area contributed by atoms with Crippen molar-refractivity contribution in [2.24, 2.45) is 0 Å². The standard InChI is InChI=1S/C22H18N6O3S/c1-15-7-8-18(28(30)31)13-19(15)24-20(29)14-32-22-26-25-21(16-9-11-23-12-10-16)27(22)17-5-3-2-4-6-17/h2-13H,14H2,1H3,(H,24,29). The van der Waals surface area contributed by atoms with Crippen molar-refractivity contribution in [1.29, 1.82) is 0 Å². The van der Waals surface area contributed by atoms with Gasteiger partial charge in [-0.1, -0.05) is 36.0 Å². The van der Waals surface area contributed by atoms with Crippen molar-refractivity contribution in [3.8, 4) is 17.1 Å². The third kappa shape index (κ3) is 4.65. The number of pyridine rings is 1. The number of rotatable bonds is 7. The number of benzene rings is 2. The van der Waals surface area contributed by atoms with E-state index in [4.69, 9.17) is 0 Å². The highest BCUT2D eigenvalue weighted by Gasteiger charge is 2.18. The number of thioether (sulfide) groups is 1. The minimum absolute atomic E-state index is 0.0590. The predicted molar refractivity (Wildman–Crippen MR) is 122 cm³/mol. The fourth-order valence-corrected chi connectivity index (χ4v) is 3.79. The van der Waals surface area contributed by atoms with Crippen LogP contribution in [0.1, 0.15) is 5.56 Å². The quantitative estimate of drug-likeness (QED) is 0.256. The van der Waals surface area contributed by atoms with Crippen LogP contribution in [0.25, 0.3) is 17.1 Å². The number of aromatic nitrogens is 4. The van der Waals surface area contributed by atoms with Gasteiger partial charge in [-0.25, -0.2) is 0 Å². The second-order valence-electron chi connectivity index (χ2n) is 6.81. The lowest BCUT2D eigenvalue weighted by molar-refractivity contribution is -0.384. The van der Waals surface area contributed by atoms with Crippen LogP contribution in [0.2, 0.25) is 0 Å². The van der Waals surface area contributed by atoms with E-state index in [0.717, 1.165) is 16.8 Å². The van der Waals surface area contributed by atoms with Gasteiger partial charge in [-0.2, -0.15) is 0 Å². The van der Waals surface area contributed by atoms with Crippen molar-refractivity contribution in [1.82, 2.24) is 19.7 Å². The van der Waals surface area contributed by atoms with Gasteiger partial charge in [0.15, 0.2) is 11.0 Å². The van der Waals surface area contributed by atoms with Crippen molar-refractivity contribution in [3.63, 3.8) is 0 Å². The molecule has 4 aromatic rings. The zero-order valence-electron chi connectivity index (χ0n) is 17.0. The molecule has 0 fully saturated rings. The summed E-state index contributed by atoms with van der Waals surface area (Å²) in [6.45, 7) is 1.78. The van der Waals surface area contributed by atoms with Crippen molar-refractivity contribution in [3.05, 3.63) is 88.7 Å². The van der Waals surface area contributed by atoms with Crippen LogP contribution in [0.5, 0.6) is 0 Å². The molecule has 0 saturated heterocycles. The first-order chi connectivity index (χ1) is 15.5. The second-order valence-corrected chi connectivity index (χ2v) is 7.75. The van der Waals surface area contributed by atoms with Gasteiger partial charge in [0.25, 0.3) is 5.69 Å². The van der Waals surface area contributed by atoms with Gasteiger partial charge in [-0.15, -0.1) is 10.2 Å². The first kappa shape index (κ1) is 21.2. The Morgan fingerprint density at radius 2 is 1.84 bits per heavy atom. The van der Waals surface area contributed by atoms with Gasteiger partial charge >= 0.3 is 0 Å². The zero-order valence-corrected chi connectivity index (χ0v) is 17.8. The summed E-state index contributed by atoms with van der Waals surface area (Å²) in [6.07, 6.45) is 3.36. The summed E-state index contributed by atoms with van der Waals surface area (Å²) in [7, 11) is 0. The summed E-state index contributed by atoms with van der Waals surface area (Å²) in [5.41, 5.74) is 2.78. The second kappa shape index (κ2) is 9.40. The maximum absolute atomic E-state index is 12.6. The molecule has 2 aromatic carbocycles. The molecule has 0 radical (unpaired) electrons. The maximum Gasteiger partial charge on any atom is 0.271 e. The van der Waals surface area contributed by atoms with Gasteiger partial charge in [0, 0.05) is 35.8 Å². The molecular formula is C22H18N6O3S. The van der Waals surface area contributed by atoms with E-state index in [-0.39, 0.29) is 17.3 Å². The number of para-hydroxylation sites is 1. The van der Waals surface area contributed by atoms with Crippen LogP contribution in [-0.2, 0) is 4.79 Å². The summed E-state index contributed by atoms with van der Waals surface area (Å²) in [5.74, 6) is 0.395. The number of carbonyl (C=O) groups is 1. The van der Waals surface area contributed by atoms with Gasteiger partial charge in [0.05, 0.1) is 16.4 Å². The van der Waals surface area contributed by atoms with Gasteiger partial charge in [-0.05, 0) is 36.8 Å². The molecule has 2 heterocycles. The molecule has 32 heavy (non-hydrogen) atoms. The van der Waals surface area contributed by atoms with Crippen molar-refractivity contribution < 1.29 is 9.72 Å². The number of hydrogen-bond acceptors (Lipinski definition) is 7. The predicted octanol–water partition coefficient (Wildman–Crippen LogP) is 4.28. The zero-order chi connectivity index (χ0) is 22.5. The van der Waals surface area contributed by atoms with E-state index in [9.17, 15) is 14.9 Å². The highest BCUT2D eigenvalue weighted by Crippen LogP contribution is 2.28. The molecule has 1 amide bonds. The molecule has 2 aromatic heterocycles. The van der Waals surface area contributed by atoms with Crippen LogP contribution in [0.3, 0.4) is 0 Å². The van der Waals surface area contributed by atoms with E-state index in [1.165, 1.54) is 23.9 Å². The lowest BCUT2D eigenvalue weighted by Crippen LogP contribution is -2.15. The smallest absolute Gasteiger partial charge is 0.271 e. The molecule has 0 aliphatic carbocycles. The maximum atomic E-state index is 12.6. The fourth-order valence-electron chi connectivity index (χ4n) is 3.04. The summed E-state index contributed by atoms with van der Waals surface area (Å²) in [6, 6.07) is 17.7. The molecule has 0 spiro atoms. The van der Waals surface area contributed by atoms with Crippen LogP contribution in [0.15, 0.2) is 78.2 Å². The van der Waals surface area contributed by atoms with E-state index >= 15 is 0 Å². The Kier molecular flexibility index (Phi) is 6.22. The molecule has 160 valence electrons. The minimum atomic E-state index is -0.493. The number of nitrogens with one attached hydrogen (secondary N) is 1. The Labute approximate surface area is 187 Å². The fraction of sp³-hybridized carbons (Fsp3) is 0.0909. The summed E-state index contributed by atoms with van der Waals surface area (Å²) in [4.78, 5) is 27.1. The first-order valence-electron chi connectivity index (χ1n) is 9.62. The Bertz CT molecular complexity index is 1260. The number of aryl methyl sites for hydroxylation is 1. The third-order valence-corrected chi connectivity index (χ3v) is 5.55. The van der Waals surface area contributed by atoms with E-state index in [1.54, 1.807) is 25.4 Å². The molecule has 0 atom stereocenters. The average Bonchev–Trinajstić information content (AvgIpc) is 3.24. The van der Waals surface area contributed by atoms with Crippen LogP contribution >= 0.6 is 11.8 Å². The number of anilines is 1. The van der Waals surface area contributed by atoms with Gasteiger partial charge < -0.3 is 5.32 Å². The monoisotopic (exact) mass is 446 g/mol. The lowest BCUT2D eigenvalue weighted by Gasteiger charge is -2.11. The van der Waals surface area contributed by atoms with Gasteiger partial charge in [-0.3, -0.25) is 24.5 Å². The Balaban J connectivity index is 1.56. The van der Waals surface area contributed by atoms with Crippen LogP contribution in [-0.4, -0.2) is 36.3 Å². The van der Waals surface area contributed by atoms with Gasteiger partial charge in [0.1, 0.15) is 0 Å². The molecule has 9 nitrogen and oxygen atoms in total. The number of nitrogens with zero attached hydrogens (tertiary/aromatic N) is 5. The molecule has 0 aliphatic heterocycles. The minimum Gasteiger partial charge on any atom is -0.325 e. The lowest BCUT2D eigenvalue weighted by atomic mass is 10.2. The number of non-ortho nitro benzene ring substituents is 1. The van der Waals surface area contributed by atoms with E-state index in [2.05, 4.69) is 20.5 Å². The first-order valence-corrected chi connectivity index (χ1v) is 10.6. The number of hydrogen-bond donors (Lipinski definition) is 1. The Morgan fingerprint density at radius 1 is 1.09 bits per heavy atom. The van der Waals surface area contributed by atoms with E-state index < -0.39 is 4.92 Å². The molecule has 0 unspecified atom stereocenters. The normalized spacial score (nSPS) is 10.7. The van der Waals surface area contributed by atoms with E-state index in [0.29, 0.717) is 16.7 Å². The van der Waals surface area contributed by atoms with Crippen LogP contribution in [0.4, 0.5) is 11.4 Å². The van der Waals surface area contributed by atoms with Crippen molar-refractivity contribution in [2.75, 3.05) is 11.1 Å². The highest BCUT2D eigenvalue weighted by atomic mass is 32.2. The number of carbonyl (C=O) groups excluding carboxylic acids is 1. The number of amides is 1. The number of nitro groups is 1. The molecule has 10 heteroatoms. The molecule has 1 N–H and O–H groups in total. The Hall–Kier alpha value is -4.05. The Morgan fingerprint density at radius 3 is 2.56 bits per heavy atom. The summed E-state index contributed by atoms with van der Waals surface area (Å²) >= 11 is 1.23. The third-order valence-electron chi connectivity index (χ3n) is 4.62.